The molecular weight excluding hydrogens is 198 g/mol. The molecule has 1 aliphatic rings. The van der Waals surface area contributed by atoms with Crippen LogP contribution in [0.2, 0.25) is 0 Å². The van der Waals surface area contributed by atoms with Crippen molar-refractivity contribution in [2.75, 3.05) is 0 Å². The van der Waals surface area contributed by atoms with Crippen LogP contribution in [0, 0.1) is 0 Å². The third-order valence-corrected chi connectivity index (χ3v) is 3.33. The zero-order valence-corrected chi connectivity index (χ0v) is 9.82. The fourth-order valence-electron chi connectivity index (χ4n) is 2.48. The van der Waals surface area contributed by atoms with Crippen LogP contribution in [-0.2, 0) is 0 Å². The van der Waals surface area contributed by atoms with Crippen molar-refractivity contribution in [3.8, 4) is 0 Å². The SMILES string of the molecule is C=CC[C@@H](NC1CCCCC1)c1ccco1. The molecule has 2 heteroatoms. The highest BCUT2D eigenvalue weighted by Gasteiger charge is 2.19. The molecule has 0 bridgehead atoms. The predicted octanol–water partition coefficient (Wildman–Crippen LogP) is 3.82. The predicted molar refractivity (Wildman–Crippen MR) is 66.3 cm³/mol. The average molecular weight is 219 g/mol. The third-order valence-electron chi connectivity index (χ3n) is 3.33. The number of hydrogen-bond acceptors (Lipinski definition) is 2. The lowest BCUT2D eigenvalue weighted by Gasteiger charge is -2.27. The van der Waals surface area contributed by atoms with Crippen molar-refractivity contribution in [3.63, 3.8) is 0 Å². The van der Waals surface area contributed by atoms with E-state index in [2.05, 4.69) is 11.9 Å². The molecule has 0 amide bonds. The maximum Gasteiger partial charge on any atom is 0.120 e. The van der Waals surface area contributed by atoms with Gasteiger partial charge in [-0.15, -0.1) is 6.58 Å². The summed E-state index contributed by atoms with van der Waals surface area (Å²) < 4.78 is 5.48. The Morgan fingerprint density at radius 3 is 2.88 bits per heavy atom. The Kier molecular flexibility index (Phi) is 4.23. The third kappa shape index (κ3) is 2.99. The van der Waals surface area contributed by atoms with Crippen molar-refractivity contribution >= 4 is 0 Å². The van der Waals surface area contributed by atoms with Crippen LogP contribution in [-0.4, -0.2) is 6.04 Å². The zero-order valence-electron chi connectivity index (χ0n) is 9.82. The second-order valence-corrected chi connectivity index (χ2v) is 4.59. The Bertz CT molecular complexity index is 299. The maximum absolute atomic E-state index is 5.48. The number of rotatable bonds is 5. The Hall–Kier alpha value is -1.02. The molecule has 0 spiro atoms. The van der Waals surface area contributed by atoms with E-state index in [4.69, 9.17) is 4.42 Å². The van der Waals surface area contributed by atoms with Crippen LogP contribution in [0.5, 0.6) is 0 Å². The van der Waals surface area contributed by atoms with Crippen molar-refractivity contribution < 1.29 is 4.42 Å². The lowest BCUT2D eigenvalue weighted by atomic mass is 9.94. The summed E-state index contributed by atoms with van der Waals surface area (Å²) in [5, 5.41) is 3.69. The highest BCUT2D eigenvalue weighted by Crippen LogP contribution is 2.23. The van der Waals surface area contributed by atoms with Gasteiger partial charge in [0.1, 0.15) is 5.76 Å². The fraction of sp³-hybridized carbons (Fsp3) is 0.571. The van der Waals surface area contributed by atoms with Gasteiger partial charge in [0.05, 0.1) is 12.3 Å². The second-order valence-electron chi connectivity index (χ2n) is 4.59. The van der Waals surface area contributed by atoms with Gasteiger partial charge in [-0.25, -0.2) is 0 Å². The first-order valence-electron chi connectivity index (χ1n) is 6.30. The Labute approximate surface area is 97.7 Å². The Morgan fingerprint density at radius 1 is 1.44 bits per heavy atom. The van der Waals surface area contributed by atoms with Crippen molar-refractivity contribution in [1.29, 1.82) is 0 Å². The molecule has 0 unspecified atom stereocenters. The lowest BCUT2D eigenvalue weighted by Crippen LogP contribution is -2.34. The van der Waals surface area contributed by atoms with Gasteiger partial charge < -0.3 is 9.73 Å². The van der Waals surface area contributed by atoms with Crippen LogP contribution in [0.3, 0.4) is 0 Å². The fourth-order valence-corrected chi connectivity index (χ4v) is 2.48. The molecule has 1 fully saturated rings. The van der Waals surface area contributed by atoms with Gasteiger partial charge in [-0.05, 0) is 31.4 Å². The summed E-state index contributed by atoms with van der Waals surface area (Å²) in [5.41, 5.74) is 0. The van der Waals surface area contributed by atoms with Crippen LogP contribution in [0.1, 0.15) is 50.3 Å². The van der Waals surface area contributed by atoms with E-state index >= 15 is 0 Å². The molecule has 2 rings (SSSR count). The highest BCUT2D eigenvalue weighted by molar-refractivity contribution is 5.06. The van der Waals surface area contributed by atoms with Gasteiger partial charge in [-0.1, -0.05) is 25.3 Å². The molecular formula is C14H21NO. The van der Waals surface area contributed by atoms with Gasteiger partial charge in [0.2, 0.25) is 0 Å². The van der Waals surface area contributed by atoms with E-state index in [-0.39, 0.29) is 0 Å². The van der Waals surface area contributed by atoms with Crippen molar-refractivity contribution in [3.05, 3.63) is 36.8 Å². The van der Waals surface area contributed by atoms with Gasteiger partial charge in [0, 0.05) is 6.04 Å². The molecule has 2 nitrogen and oxygen atoms in total. The van der Waals surface area contributed by atoms with Crippen LogP contribution in [0.25, 0.3) is 0 Å². The summed E-state index contributed by atoms with van der Waals surface area (Å²) >= 11 is 0. The molecule has 1 heterocycles. The molecule has 1 N–H and O–H groups in total. The first-order chi connectivity index (χ1) is 7.90. The molecule has 0 aliphatic heterocycles. The smallest absolute Gasteiger partial charge is 0.120 e. The molecule has 1 aromatic rings. The number of hydrogen-bond donors (Lipinski definition) is 1. The minimum absolute atomic E-state index is 0.301. The van der Waals surface area contributed by atoms with E-state index in [1.165, 1.54) is 32.1 Å². The van der Waals surface area contributed by atoms with E-state index in [1.54, 1.807) is 6.26 Å². The van der Waals surface area contributed by atoms with Gasteiger partial charge in [0.15, 0.2) is 0 Å². The molecule has 1 atom stereocenters. The van der Waals surface area contributed by atoms with Crippen LogP contribution in [0.15, 0.2) is 35.5 Å². The zero-order chi connectivity index (χ0) is 11.2. The molecule has 0 saturated heterocycles. The topological polar surface area (TPSA) is 25.2 Å². The first kappa shape index (κ1) is 11.5. The molecule has 0 radical (unpaired) electrons. The van der Waals surface area contributed by atoms with Gasteiger partial charge in [0.25, 0.3) is 0 Å². The standard InChI is InChI=1S/C14H21NO/c1-2-7-13(14-10-6-11-16-14)15-12-8-4-3-5-9-12/h2,6,10-13,15H,1,3-5,7-9H2/t13-/m1/s1. The quantitative estimate of drug-likeness (QED) is 0.762. The molecule has 1 aliphatic carbocycles. The summed E-state index contributed by atoms with van der Waals surface area (Å²) in [7, 11) is 0. The van der Waals surface area contributed by atoms with E-state index in [0.29, 0.717) is 12.1 Å². The summed E-state index contributed by atoms with van der Waals surface area (Å²) in [4.78, 5) is 0. The largest absolute Gasteiger partial charge is 0.468 e. The number of furan rings is 1. The van der Waals surface area contributed by atoms with Gasteiger partial charge in [-0.2, -0.15) is 0 Å². The van der Waals surface area contributed by atoms with Crippen LogP contribution >= 0.6 is 0 Å². The molecule has 1 aromatic heterocycles. The molecule has 88 valence electrons. The van der Waals surface area contributed by atoms with E-state index in [1.807, 2.05) is 18.2 Å². The summed E-state index contributed by atoms with van der Waals surface area (Å²) in [6.45, 7) is 3.82. The van der Waals surface area contributed by atoms with Gasteiger partial charge >= 0.3 is 0 Å². The van der Waals surface area contributed by atoms with Crippen molar-refractivity contribution in [2.45, 2.75) is 50.6 Å². The summed E-state index contributed by atoms with van der Waals surface area (Å²) in [5.74, 6) is 1.03. The highest BCUT2D eigenvalue weighted by atomic mass is 16.3. The van der Waals surface area contributed by atoms with Crippen LogP contribution in [0.4, 0.5) is 0 Å². The summed E-state index contributed by atoms with van der Waals surface area (Å²) in [6, 6.07) is 4.96. The van der Waals surface area contributed by atoms with E-state index < -0.39 is 0 Å². The molecule has 16 heavy (non-hydrogen) atoms. The van der Waals surface area contributed by atoms with E-state index in [9.17, 15) is 0 Å². The van der Waals surface area contributed by atoms with E-state index in [0.717, 1.165) is 12.2 Å². The molecule has 0 aromatic carbocycles. The Balaban J connectivity index is 1.94. The summed E-state index contributed by atoms with van der Waals surface area (Å²) in [6.07, 6.45) is 11.3. The second kappa shape index (κ2) is 5.90. The minimum Gasteiger partial charge on any atom is -0.468 e. The monoisotopic (exact) mass is 219 g/mol. The van der Waals surface area contributed by atoms with Crippen molar-refractivity contribution in [2.24, 2.45) is 0 Å². The Morgan fingerprint density at radius 2 is 2.25 bits per heavy atom. The first-order valence-corrected chi connectivity index (χ1v) is 6.30. The average Bonchev–Trinajstić information content (AvgIpc) is 2.83. The van der Waals surface area contributed by atoms with Crippen molar-refractivity contribution in [1.82, 2.24) is 5.32 Å². The minimum atomic E-state index is 0.301. The molecule has 1 saturated carbocycles. The maximum atomic E-state index is 5.48. The van der Waals surface area contributed by atoms with Crippen LogP contribution < -0.4 is 5.32 Å². The normalized spacial score (nSPS) is 19.5. The number of nitrogens with one attached hydrogen (secondary N) is 1. The van der Waals surface area contributed by atoms with Gasteiger partial charge in [-0.3, -0.25) is 0 Å². The lowest BCUT2D eigenvalue weighted by molar-refractivity contribution is 0.313.